The van der Waals surface area contributed by atoms with Gasteiger partial charge in [0.05, 0.1) is 11.7 Å². The number of aliphatic hydroxyl groups is 1. The molecule has 2 atom stereocenters. The average Bonchev–Trinajstić information content (AvgIpc) is 2.15. The molecule has 0 aromatic heterocycles. The fourth-order valence-electron chi connectivity index (χ4n) is 2.18. The van der Waals surface area contributed by atoms with E-state index >= 15 is 0 Å². The minimum Gasteiger partial charge on any atom is -0.396 e. The van der Waals surface area contributed by atoms with Crippen molar-refractivity contribution < 1.29 is 9.84 Å². The van der Waals surface area contributed by atoms with Crippen LogP contribution in [0.2, 0.25) is 0 Å². The van der Waals surface area contributed by atoms with Gasteiger partial charge in [-0.15, -0.1) is 0 Å². The van der Waals surface area contributed by atoms with Crippen LogP contribution in [0.5, 0.6) is 0 Å². The Morgan fingerprint density at radius 1 is 1.60 bits per heavy atom. The van der Waals surface area contributed by atoms with Gasteiger partial charge in [-0.25, -0.2) is 0 Å². The lowest BCUT2D eigenvalue weighted by Crippen LogP contribution is -2.55. The van der Waals surface area contributed by atoms with Crippen LogP contribution in [0.3, 0.4) is 0 Å². The number of hydrogen-bond donors (Lipinski definition) is 2. The molecule has 1 rings (SSSR count). The third-order valence-corrected chi connectivity index (χ3v) is 2.70. The molecule has 0 aliphatic carbocycles. The molecule has 15 heavy (non-hydrogen) atoms. The van der Waals surface area contributed by atoms with Gasteiger partial charge < -0.3 is 15.6 Å². The molecule has 0 amide bonds. The Morgan fingerprint density at radius 3 is 2.80 bits per heavy atom. The molecule has 4 heteroatoms. The van der Waals surface area contributed by atoms with Gasteiger partial charge in [0.1, 0.15) is 0 Å². The number of morpholine rings is 1. The molecule has 4 nitrogen and oxygen atoms in total. The van der Waals surface area contributed by atoms with Crippen LogP contribution in [0.25, 0.3) is 0 Å². The van der Waals surface area contributed by atoms with Crippen LogP contribution in [0, 0.1) is 5.92 Å². The molecule has 1 aliphatic heterocycles. The molecule has 3 N–H and O–H groups in total. The highest BCUT2D eigenvalue weighted by atomic mass is 16.5. The van der Waals surface area contributed by atoms with E-state index in [2.05, 4.69) is 25.7 Å². The number of nitrogens with two attached hydrogens (primary N) is 1. The maximum atomic E-state index is 9.04. The summed E-state index contributed by atoms with van der Waals surface area (Å²) in [5.74, 6) is 0.317. The van der Waals surface area contributed by atoms with Gasteiger partial charge in [0.25, 0.3) is 0 Å². The van der Waals surface area contributed by atoms with Crippen molar-refractivity contribution in [2.75, 3.05) is 32.8 Å². The Bertz CT molecular complexity index is 195. The van der Waals surface area contributed by atoms with Gasteiger partial charge in [0.2, 0.25) is 0 Å². The maximum absolute atomic E-state index is 9.04. The lowest BCUT2D eigenvalue weighted by atomic mass is 10.0. The first-order valence-electron chi connectivity index (χ1n) is 5.68. The molecule has 2 unspecified atom stereocenters. The van der Waals surface area contributed by atoms with Gasteiger partial charge >= 0.3 is 0 Å². The molecule has 1 heterocycles. The van der Waals surface area contributed by atoms with E-state index < -0.39 is 0 Å². The first kappa shape index (κ1) is 12.9. The molecule has 1 aliphatic rings. The predicted molar refractivity (Wildman–Crippen MR) is 60.7 cm³/mol. The highest BCUT2D eigenvalue weighted by molar-refractivity contribution is 4.85. The van der Waals surface area contributed by atoms with E-state index in [4.69, 9.17) is 15.6 Å². The highest BCUT2D eigenvalue weighted by Crippen LogP contribution is 2.21. The summed E-state index contributed by atoms with van der Waals surface area (Å²) in [5, 5.41) is 9.04. The summed E-state index contributed by atoms with van der Waals surface area (Å²) in [5.41, 5.74) is 5.52. The van der Waals surface area contributed by atoms with Crippen molar-refractivity contribution in [2.24, 2.45) is 11.7 Å². The van der Waals surface area contributed by atoms with E-state index in [0.29, 0.717) is 12.5 Å². The zero-order valence-corrected chi connectivity index (χ0v) is 10.1. The number of rotatable bonds is 4. The number of ether oxygens (including phenoxy) is 1. The number of hydrogen-bond acceptors (Lipinski definition) is 4. The summed E-state index contributed by atoms with van der Waals surface area (Å²) in [4.78, 5) is 2.34. The number of aliphatic hydroxyl groups excluding tert-OH is 1. The fraction of sp³-hybridized carbons (Fsp3) is 1.00. The average molecular weight is 216 g/mol. The third kappa shape index (κ3) is 4.07. The largest absolute Gasteiger partial charge is 0.396 e. The molecule has 1 saturated heterocycles. The smallest absolute Gasteiger partial charge is 0.0831 e. The van der Waals surface area contributed by atoms with E-state index in [9.17, 15) is 0 Å². The van der Waals surface area contributed by atoms with Gasteiger partial charge in [-0.05, 0) is 19.8 Å². The van der Waals surface area contributed by atoms with Crippen molar-refractivity contribution in [3.63, 3.8) is 0 Å². The predicted octanol–water partition coefficient (Wildman–Crippen LogP) is 0.0529. The summed E-state index contributed by atoms with van der Waals surface area (Å²) < 4.78 is 5.84. The van der Waals surface area contributed by atoms with Crippen molar-refractivity contribution in [3.05, 3.63) is 0 Å². The van der Waals surface area contributed by atoms with E-state index in [1.807, 2.05) is 0 Å². The van der Waals surface area contributed by atoms with E-state index in [1.165, 1.54) is 0 Å². The fourth-order valence-corrected chi connectivity index (χ4v) is 2.18. The van der Waals surface area contributed by atoms with Crippen LogP contribution in [0.1, 0.15) is 20.8 Å². The van der Waals surface area contributed by atoms with Crippen molar-refractivity contribution in [2.45, 2.75) is 32.5 Å². The SMILES string of the molecule is CC(CO)CN1CC(CN)OC(C)(C)C1. The van der Waals surface area contributed by atoms with Crippen LogP contribution < -0.4 is 5.73 Å². The summed E-state index contributed by atoms with van der Waals surface area (Å²) in [7, 11) is 0. The van der Waals surface area contributed by atoms with Crippen LogP contribution in [-0.4, -0.2) is 54.5 Å². The van der Waals surface area contributed by atoms with E-state index in [1.54, 1.807) is 0 Å². The maximum Gasteiger partial charge on any atom is 0.0831 e. The van der Waals surface area contributed by atoms with Crippen molar-refractivity contribution in [1.29, 1.82) is 0 Å². The summed E-state index contributed by atoms with van der Waals surface area (Å²) >= 11 is 0. The Labute approximate surface area is 92.4 Å². The van der Waals surface area contributed by atoms with Crippen LogP contribution in [-0.2, 0) is 4.74 Å². The molecule has 0 spiro atoms. The standard InChI is InChI=1S/C11H24N2O2/c1-9(7-14)5-13-6-10(4-12)15-11(2,3)8-13/h9-10,14H,4-8,12H2,1-3H3. The van der Waals surface area contributed by atoms with Gasteiger partial charge in [-0.3, -0.25) is 4.90 Å². The molecule has 0 bridgehead atoms. The first-order valence-corrected chi connectivity index (χ1v) is 5.68. The molecule has 0 aromatic carbocycles. The zero-order valence-electron chi connectivity index (χ0n) is 10.1. The number of nitrogens with zero attached hydrogens (tertiary/aromatic N) is 1. The monoisotopic (exact) mass is 216 g/mol. The van der Waals surface area contributed by atoms with Crippen molar-refractivity contribution >= 4 is 0 Å². The second-order valence-electron chi connectivity index (χ2n) is 5.22. The Kier molecular flexibility index (Phi) is 4.52. The van der Waals surface area contributed by atoms with E-state index in [-0.39, 0.29) is 18.3 Å². The normalized spacial score (nSPS) is 29.0. The zero-order chi connectivity index (χ0) is 11.5. The van der Waals surface area contributed by atoms with Crippen molar-refractivity contribution in [3.8, 4) is 0 Å². The first-order chi connectivity index (χ1) is 6.96. The summed E-state index contributed by atoms with van der Waals surface area (Å²) in [6.07, 6.45) is 0.125. The molecule has 0 aromatic rings. The van der Waals surface area contributed by atoms with Gasteiger partial charge in [0, 0.05) is 32.8 Å². The molecular formula is C11H24N2O2. The molecule has 90 valence electrons. The van der Waals surface area contributed by atoms with Gasteiger partial charge in [-0.2, -0.15) is 0 Å². The van der Waals surface area contributed by atoms with Crippen molar-refractivity contribution in [1.82, 2.24) is 4.90 Å². The molecular weight excluding hydrogens is 192 g/mol. The lowest BCUT2D eigenvalue weighted by molar-refractivity contribution is -0.134. The van der Waals surface area contributed by atoms with E-state index in [0.717, 1.165) is 19.6 Å². The molecule has 1 fully saturated rings. The highest BCUT2D eigenvalue weighted by Gasteiger charge is 2.32. The topological polar surface area (TPSA) is 58.7 Å². The second-order valence-corrected chi connectivity index (χ2v) is 5.22. The Balaban J connectivity index is 2.50. The van der Waals surface area contributed by atoms with Gasteiger partial charge in [0.15, 0.2) is 0 Å². The molecule has 0 radical (unpaired) electrons. The van der Waals surface area contributed by atoms with Crippen LogP contribution in [0.15, 0.2) is 0 Å². The second kappa shape index (κ2) is 5.25. The Hall–Kier alpha value is -0.160. The molecule has 0 saturated carbocycles. The minimum absolute atomic E-state index is 0.125. The summed E-state index contributed by atoms with van der Waals surface area (Å²) in [6, 6.07) is 0. The lowest BCUT2D eigenvalue weighted by Gasteiger charge is -2.43. The third-order valence-electron chi connectivity index (χ3n) is 2.70. The van der Waals surface area contributed by atoms with Crippen LogP contribution in [0.4, 0.5) is 0 Å². The van der Waals surface area contributed by atoms with Crippen LogP contribution >= 0.6 is 0 Å². The van der Waals surface area contributed by atoms with Gasteiger partial charge in [-0.1, -0.05) is 6.92 Å². The minimum atomic E-state index is -0.128. The Morgan fingerprint density at radius 2 is 2.27 bits per heavy atom. The summed E-state index contributed by atoms with van der Waals surface area (Å²) in [6.45, 7) is 9.74. The quantitative estimate of drug-likeness (QED) is 0.697.